The molecule has 1 N–H and O–H groups in total. The molecule has 20 heavy (non-hydrogen) atoms. The third-order valence-corrected chi connectivity index (χ3v) is 3.07. The molecule has 2 unspecified atom stereocenters. The van der Waals surface area contributed by atoms with Gasteiger partial charge in [-0.25, -0.2) is 0 Å². The minimum atomic E-state index is -0.935. The number of nitrogens with zero attached hydrogens (tertiary/aromatic N) is 1. The number of aliphatic carboxylic acids is 1. The Hall–Kier alpha value is -1.10. The Balaban J connectivity index is 4.28. The van der Waals surface area contributed by atoms with Crippen molar-refractivity contribution in [2.45, 2.75) is 52.1 Å². The fourth-order valence-corrected chi connectivity index (χ4v) is 2.20. The number of carbonyl (C=O) groups is 2. The summed E-state index contributed by atoms with van der Waals surface area (Å²) in [6.07, 6.45) is 2.70. The van der Waals surface area contributed by atoms with Crippen LogP contribution in [0.2, 0.25) is 0 Å². The highest BCUT2D eigenvalue weighted by atomic mass is 16.5. The van der Waals surface area contributed by atoms with E-state index in [1.807, 2.05) is 21.1 Å². The summed E-state index contributed by atoms with van der Waals surface area (Å²) in [5.74, 6) is -0.716. The van der Waals surface area contributed by atoms with Crippen LogP contribution in [0.15, 0.2) is 0 Å². The molecule has 0 heterocycles. The van der Waals surface area contributed by atoms with Crippen LogP contribution < -0.4 is 0 Å². The van der Waals surface area contributed by atoms with E-state index in [2.05, 4.69) is 13.8 Å². The second kappa shape index (κ2) is 8.95. The van der Waals surface area contributed by atoms with Crippen LogP contribution in [0.5, 0.6) is 0 Å². The van der Waals surface area contributed by atoms with E-state index in [0.717, 1.165) is 19.3 Å². The van der Waals surface area contributed by atoms with E-state index in [1.165, 1.54) is 0 Å². The molecular formula is C15H30NO4+. The quantitative estimate of drug-likeness (QED) is 0.495. The Bertz CT molecular complexity index is 309. The Kier molecular flexibility index (Phi) is 8.46. The highest BCUT2D eigenvalue weighted by Crippen LogP contribution is 2.14. The number of carboxylic acids is 1. The SMILES string of the molecule is CCCC(C)CCC(=O)OC(CC(=O)O)C[N+](C)(C)C. The summed E-state index contributed by atoms with van der Waals surface area (Å²) >= 11 is 0. The van der Waals surface area contributed by atoms with Crippen molar-refractivity contribution < 1.29 is 23.9 Å². The molecule has 0 amide bonds. The van der Waals surface area contributed by atoms with Crippen molar-refractivity contribution in [1.82, 2.24) is 0 Å². The van der Waals surface area contributed by atoms with Crippen LogP contribution in [0, 0.1) is 5.92 Å². The monoisotopic (exact) mass is 288 g/mol. The van der Waals surface area contributed by atoms with Crippen LogP contribution in [0.3, 0.4) is 0 Å². The molecular weight excluding hydrogens is 258 g/mol. The molecule has 0 spiro atoms. The van der Waals surface area contributed by atoms with Crippen molar-refractivity contribution in [3.8, 4) is 0 Å². The molecule has 2 atom stereocenters. The van der Waals surface area contributed by atoms with E-state index in [0.29, 0.717) is 23.4 Å². The highest BCUT2D eigenvalue weighted by Gasteiger charge is 2.24. The molecule has 0 aromatic carbocycles. The van der Waals surface area contributed by atoms with Crippen LogP contribution in [0.25, 0.3) is 0 Å². The fraction of sp³-hybridized carbons (Fsp3) is 0.867. The summed E-state index contributed by atoms with van der Waals surface area (Å²) in [5.41, 5.74) is 0. The first-order chi connectivity index (χ1) is 9.14. The van der Waals surface area contributed by atoms with Gasteiger partial charge in [-0.1, -0.05) is 26.7 Å². The minimum absolute atomic E-state index is 0.133. The average molecular weight is 288 g/mol. The summed E-state index contributed by atoms with van der Waals surface area (Å²) in [6.45, 7) is 4.75. The van der Waals surface area contributed by atoms with Crippen LogP contribution in [0.1, 0.15) is 46.0 Å². The zero-order valence-electron chi connectivity index (χ0n) is 13.5. The Morgan fingerprint density at radius 3 is 2.25 bits per heavy atom. The molecule has 0 aromatic heterocycles. The molecule has 118 valence electrons. The third kappa shape index (κ3) is 10.8. The molecule has 0 rings (SSSR count). The van der Waals surface area contributed by atoms with Gasteiger partial charge in [-0.2, -0.15) is 0 Å². The smallest absolute Gasteiger partial charge is 0.307 e. The van der Waals surface area contributed by atoms with Gasteiger partial charge in [-0.3, -0.25) is 9.59 Å². The first-order valence-electron chi connectivity index (χ1n) is 7.35. The minimum Gasteiger partial charge on any atom is -0.481 e. The first kappa shape index (κ1) is 18.9. The van der Waals surface area contributed by atoms with E-state index >= 15 is 0 Å². The average Bonchev–Trinajstić information content (AvgIpc) is 2.23. The summed E-state index contributed by atoms with van der Waals surface area (Å²) in [5, 5.41) is 8.88. The Morgan fingerprint density at radius 1 is 1.20 bits per heavy atom. The van der Waals surface area contributed by atoms with E-state index in [9.17, 15) is 9.59 Å². The predicted octanol–water partition coefficient (Wildman–Crippen LogP) is 2.30. The molecule has 0 aliphatic heterocycles. The number of ether oxygens (including phenoxy) is 1. The number of quaternary nitrogens is 1. The molecule has 0 aliphatic rings. The third-order valence-electron chi connectivity index (χ3n) is 3.07. The first-order valence-corrected chi connectivity index (χ1v) is 7.35. The number of hydrogen-bond acceptors (Lipinski definition) is 3. The number of carboxylic acid groups (broad SMARTS) is 1. The lowest BCUT2D eigenvalue weighted by atomic mass is 10.0. The lowest BCUT2D eigenvalue weighted by Crippen LogP contribution is -2.43. The number of rotatable bonds is 10. The molecule has 0 saturated carbocycles. The van der Waals surface area contributed by atoms with E-state index in [4.69, 9.17) is 9.84 Å². The largest absolute Gasteiger partial charge is 0.481 e. The van der Waals surface area contributed by atoms with Gasteiger partial charge in [0.25, 0.3) is 0 Å². The normalized spacial score (nSPS) is 14.7. The molecule has 0 aromatic rings. The van der Waals surface area contributed by atoms with E-state index in [1.54, 1.807) is 0 Å². The van der Waals surface area contributed by atoms with Crippen LogP contribution in [-0.4, -0.2) is 55.3 Å². The van der Waals surface area contributed by atoms with Gasteiger partial charge in [0.15, 0.2) is 6.10 Å². The molecule has 5 heteroatoms. The lowest BCUT2D eigenvalue weighted by molar-refractivity contribution is -0.873. The number of likely N-dealkylation sites (N-methyl/N-ethyl adjacent to an activating group) is 1. The molecule has 0 fully saturated rings. The van der Waals surface area contributed by atoms with Crippen LogP contribution in [-0.2, 0) is 14.3 Å². The van der Waals surface area contributed by atoms with Gasteiger partial charge in [0, 0.05) is 6.42 Å². The standard InChI is InChI=1S/C15H29NO4/c1-6-7-12(2)8-9-15(19)20-13(10-14(17)18)11-16(3,4)5/h12-13H,6-11H2,1-5H3/p+1. The van der Waals surface area contributed by atoms with Crippen molar-refractivity contribution in [2.24, 2.45) is 5.92 Å². The van der Waals surface area contributed by atoms with Gasteiger partial charge in [0.2, 0.25) is 0 Å². The lowest BCUT2D eigenvalue weighted by Gasteiger charge is -2.28. The zero-order valence-corrected chi connectivity index (χ0v) is 13.5. The van der Waals surface area contributed by atoms with Gasteiger partial charge in [-0.15, -0.1) is 0 Å². The summed E-state index contributed by atoms with van der Waals surface area (Å²) < 4.78 is 5.90. The molecule has 0 saturated heterocycles. The van der Waals surface area contributed by atoms with Gasteiger partial charge >= 0.3 is 11.9 Å². The van der Waals surface area contributed by atoms with Crippen LogP contribution in [0.4, 0.5) is 0 Å². The Morgan fingerprint density at radius 2 is 1.80 bits per heavy atom. The maximum Gasteiger partial charge on any atom is 0.307 e. The second-order valence-corrected chi connectivity index (χ2v) is 6.62. The predicted molar refractivity (Wildman–Crippen MR) is 78.3 cm³/mol. The van der Waals surface area contributed by atoms with E-state index < -0.39 is 12.1 Å². The molecule has 0 aliphatic carbocycles. The van der Waals surface area contributed by atoms with Crippen LogP contribution >= 0.6 is 0 Å². The van der Waals surface area contributed by atoms with Crippen molar-refractivity contribution in [3.63, 3.8) is 0 Å². The maximum absolute atomic E-state index is 11.8. The van der Waals surface area contributed by atoms with Crippen molar-refractivity contribution >= 4 is 11.9 Å². The number of carbonyl (C=O) groups excluding carboxylic acids is 1. The van der Waals surface area contributed by atoms with Gasteiger partial charge in [0.1, 0.15) is 6.54 Å². The van der Waals surface area contributed by atoms with Crippen molar-refractivity contribution in [1.29, 1.82) is 0 Å². The summed E-state index contributed by atoms with van der Waals surface area (Å²) in [6, 6.07) is 0. The topological polar surface area (TPSA) is 63.6 Å². The van der Waals surface area contributed by atoms with Crippen molar-refractivity contribution in [2.75, 3.05) is 27.7 Å². The second-order valence-electron chi connectivity index (χ2n) is 6.62. The zero-order chi connectivity index (χ0) is 15.8. The van der Waals surface area contributed by atoms with E-state index in [-0.39, 0.29) is 12.4 Å². The van der Waals surface area contributed by atoms with Crippen molar-refractivity contribution in [3.05, 3.63) is 0 Å². The Labute approximate surface area is 122 Å². The van der Waals surface area contributed by atoms with Gasteiger partial charge in [0.05, 0.1) is 27.6 Å². The molecule has 0 radical (unpaired) electrons. The summed E-state index contributed by atoms with van der Waals surface area (Å²) in [7, 11) is 5.85. The molecule has 5 nitrogen and oxygen atoms in total. The highest BCUT2D eigenvalue weighted by molar-refractivity contribution is 5.71. The fourth-order valence-electron chi connectivity index (χ4n) is 2.20. The molecule has 0 bridgehead atoms. The summed E-state index contributed by atoms with van der Waals surface area (Å²) in [4.78, 5) is 22.6. The van der Waals surface area contributed by atoms with Gasteiger partial charge < -0.3 is 14.3 Å². The maximum atomic E-state index is 11.8. The number of hydrogen-bond donors (Lipinski definition) is 1. The van der Waals surface area contributed by atoms with Gasteiger partial charge in [-0.05, 0) is 12.3 Å². The number of esters is 1.